The maximum atomic E-state index is 15.4. The molecule has 4 rings (SSSR count). The van der Waals surface area contributed by atoms with E-state index in [0.29, 0.717) is 23.2 Å². The van der Waals surface area contributed by atoms with Crippen molar-refractivity contribution in [1.29, 1.82) is 0 Å². The van der Waals surface area contributed by atoms with E-state index in [1.807, 2.05) is 0 Å². The van der Waals surface area contributed by atoms with Crippen LogP contribution in [0.4, 0.5) is 17.6 Å². The van der Waals surface area contributed by atoms with Crippen LogP contribution in [0.5, 0.6) is 0 Å². The highest BCUT2D eigenvalue weighted by atomic mass is 19.4. The second-order valence-electron chi connectivity index (χ2n) is 8.79. The first-order chi connectivity index (χ1) is 17.0. The number of amides is 1. The lowest BCUT2D eigenvalue weighted by molar-refractivity contribution is -0.137. The lowest BCUT2D eigenvalue weighted by Gasteiger charge is -2.17. The molecule has 0 bridgehead atoms. The van der Waals surface area contributed by atoms with Crippen molar-refractivity contribution in [3.05, 3.63) is 69.5 Å². The van der Waals surface area contributed by atoms with Gasteiger partial charge in [-0.2, -0.15) is 13.2 Å². The molecule has 3 aromatic rings. The quantitative estimate of drug-likeness (QED) is 0.395. The number of aromatic nitrogens is 3. The molecule has 1 aliphatic carbocycles. The molecule has 1 amide bonds. The van der Waals surface area contributed by atoms with Crippen LogP contribution in [0.25, 0.3) is 22.6 Å². The summed E-state index contributed by atoms with van der Waals surface area (Å²) in [4.78, 5) is 34.8. The van der Waals surface area contributed by atoms with Gasteiger partial charge in [0.15, 0.2) is 0 Å². The molecule has 0 spiro atoms. The van der Waals surface area contributed by atoms with Crippen molar-refractivity contribution in [1.82, 2.24) is 20.3 Å². The molecule has 0 radical (unpaired) electrons. The molecular weight excluding hydrogens is 476 g/mol. The van der Waals surface area contributed by atoms with Crippen LogP contribution in [0, 0.1) is 29.5 Å². The van der Waals surface area contributed by atoms with Gasteiger partial charge in [0.1, 0.15) is 17.3 Å². The summed E-state index contributed by atoms with van der Waals surface area (Å²) in [6, 6.07) is 5.96. The van der Waals surface area contributed by atoms with Crippen molar-refractivity contribution in [2.45, 2.75) is 39.4 Å². The molecule has 1 fully saturated rings. The Morgan fingerprint density at radius 2 is 1.97 bits per heavy atom. The molecule has 1 aliphatic rings. The van der Waals surface area contributed by atoms with E-state index in [-0.39, 0.29) is 23.7 Å². The summed E-state index contributed by atoms with van der Waals surface area (Å²) in [6.07, 6.45) is -1.39. The minimum absolute atomic E-state index is 0.0222. The third-order valence-electron chi connectivity index (χ3n) is 5.52. The highest BCUT2D eigenvalue weighted by molar-refractivity contribution is 5.78. The molecule has 0 atom stereocenters. The number of alkyl halides is 3. The van der Waals surface area contributed by atoms with E-state index >= 15 is 4.39 Å². The monoisotopic (exact) mass is 498 g/mol. The molecule has 10 heteroatoms. The van der Waals surface area contributed by atoms with Crippen molar-refractivity contribution < 1.29 is 22.4 Å². The number of halogens is 4. The summed E-state index contributed by atoms with van der Waals surface area (Å²) in [7, 11) is 0. The van der Waals surface area contributed by atoms with Gasteiger partial charge in [-0.05, 0) is 37.0 Å². The Hall–Kier alpha value is -4.00. The first-order valence-corrected chi connectivity index (χ1v) is 11.3. The highest BCUT2D eigenvalue weighted by Crippen LogP contribution is 2.38. The topological polar surface area (TPSA) is 87.7 Å². The zero-order chi connectivity index (χ0) is 26.0. The Morgan fingerprint density at radius 1 is 1.22 bits per heavy atom. The molecule has 2 aromatic heterocycles. The van der Waals surface area contributed by atoms with Crippen LogP contribution in [0.1, 0.15) is 43.5 Å². The number of nitrogens with zero attached hydrogens (tertiary/aromatic N) is 2. The summed E-state index contributed by atoms with van der Waals surface area (Å²) in [5.74, 6) is 3.80. The maximum absolute atomic E-state index is 15.4. The number of benzene rings is 1. The molecule has 1 aromatic carbocycles. The van der Waals surface area contributed by atoms with Gasteiger partial charge in [0.25, 0.3) is 5.56 Å². The van der Waals surface area contributed by atoms with Gasteiger partial charge < -0.3 is 10.3 Å². The lowest BCUT2D eigenvalue weighted by Crippen LogP contribution is -2.27. The summed E-state index contributed by atoms with van der Waals surface area (Å²) < 4.78 is 56.8. The minimum Gasteiger partial charge on any atom is -0.352 e. The molecule has 2 heterocycles. The second kappa shape index (κ2) is 9.93. The Kier molecular flexibility index (Phi) is 6.93. The normalized spacial score (nSPS) is 13.3. The van der Waals surface area contributed by atoms with Gasteiger partial charge in [0, 0.05) is 41.8 Å². The van der Waals surface area contributed by atoms with Crippen LogP contribution in [0.3, 0.4) is 0 Å². The predicted octanol–water partition coefficient (Wildman–Crippen LogP) is 4.69. The fraction of sp³-hybridized carbons (Fsp3) is 0.308. The number of hydrogen-bond donors (Lipinski definition) is 2. The number of rotatable bonds is 5. The first kappa shape index (κ1) is 25.1. The zero-order valence-electron chi connectivity index (χ0n) is 19.5. The van der Waals surface area contributed by atoms with E-state index in [2.05, 4.69) is 32.1 Å². The largest absolute Gasteiger partial charge is 0.417 e. The number of nitrogens with one attached hydrogen (secondary N) is 2. The smallest absolute Gasteiger partial charge is 0.352 e. The minimum atomic E-state index is -4.92. The average molecular weight is 498 g/mol. The molecule has 36 heavy (non-hydrogen) atoms. The standard InChI is InChI=1S/C26H22F4N4O2/c1-14(2)25(36)32-13-17-7-10-19(26(28,29)30)22(23(17)27)24-33-20(11-21(35)34-24)16-6-9-18(31-12-16)8-5-15-3-4-15/h6-7,9-12,14-15H,3-4,13H2,1-2H3,(H,32,36)(H,33,34,35). The van der Waals surface area contributed by atoms with Crippen molar-refractivity contribution in [2.24, 2.45) is 11.8 Å². The summed E-state index contributed by atoms with van der Waals surface area (Å²) >= 11 is 0. The fourth-order valence-corrected chi connectivity index (χ4v) is 3.36. The zero-order valence-corrected chi connectivity index (χ0v) is 19.5. The Labute approximate surface area is 204 Å². The number of hydrogen-bond acceptors (Lipinski definition) is 4. The predicted molar refractivity (Wildman–Crippen MR) is 125 cm³/mol. The summed E-state index contributed by atoms with van der Waals surface area (Å²) in [5.41, 5.74) is -2.26. The fourth-order valence-electron chi connectivity index (χ4n) is 3.36. The number of H-pyrrole nitrogens is 1. The van der Waals surface area contributed by atoms with Crippen molar-refractivity contribution >= 4 is 5.91 Å². The first-order valence-electron chi connectivity index (χ1n) is 11.3. The molecule has 6 nitrogen and oxygen atoms in total. The van der Waals surface area contributed by atoms with Gasteiger partial charge in [-0.15, -0.1) is 0 Å². The van der Waals surface area contributed by atoms with Crippen LogP contribution in [0.2, 0.25) is 0 Å². The number of carbonyl (C=O) groups is 1. The van der Waals surface area contributed by atoms with Crippen molar-refractivity contribution in [3.8, 4) is 34.5 Å². The second-order valence-corrected chi connectivity index (χ2v) is 8.79. The van der Waals surface area contributed by atoms with Crippen LogP contribution in [0.15, 0.2) is 41.3 Å². The van der Waals surface area contributed by atoms with Crippen molar-refractivity contribution in [2.75, 3.05) is 0 Å². The number of pyridine rings is 1. The molecule has 186 valence electrons. The van der Waals surface area contributed by atoms with Gasteiger partial charge >= 0.3 is 6.18 Å². The maximum Gasteiger partial charge on any atom is 0.417 e. The third kappa shape index (κ3) is 5.79. The molecule has 0 unspecified atom stereocenters. The van der Waals surface area contributed by atoms with E-state index < -0.39 is 40.4 Å². The summed E-state index contributed by atoms with van der Waals surface area (Å²) in [5, 5.41) is 2.48. The average Bonchev–Trinajstić information content (AvgIpc) is 3.65. The van der Waals surface area contributed by atoms with Crippen LogP contribution in [-0.2, 0) is 17.5 Å². The van der Waals surface area contributed by atoms with E-state index in [1.54, 1.807) is 26.0 Å². The Morgan fingerprint density at radius 3 is 2.58 bits per heavy atom. The van der Waals surface area contributed by atoms with Crippen LogP contribution >= 0.6 is 0 Å². The molecule has 2 N–H and O–H groups in total. The molecule has 0 aliphatic heterocycles. The van der Waals surface area contributed by atoms with Gasteiger partial charge in [-0.1, -0.05) is 25.8 Å². The number of aromatic amines is 1. The summed E-state index contributed by atoms with van der Waals surface area (Å²) in [6.45, 7) is 2.93. The van der Waals surface area contributed by atoms with E-state index in [9.17, 15) is 22.8 Å². The van der Waals surface area contributed by atoms with Crippen molar-refractivity contribution in [3.63, 3.8) is 0 Å². The van der Waals surface area contributed by atoms with Gasteiger partial charge in [0.05, 0.1) is 16.8 Å². The highest BCUT2D eigenvalue weighted by Gasteiger charge is 2.36. The SMILES string of the molecule is CC(C)C(=O)NCc1ccc(C(F)(F)F)c(-c2nc(-c3ccc(C#CC4CC4)nc3)cc(=O)[nH]2)c1F. The van der Waals surface area contributed by atoms with E-state index in [4.69, 9.17) is 0 Å². The third-order valence-corrected chi connectivity index (χ3v) is 5.52. The Bertz CT molecular complexity index is 1410. The lowest BCUT2D eigenvalue weighted by atomic mass is 10.0. The van der Waals surface area contributed by atoms with Crippen LogP contribution in [-0.4, -0.2) is 20.9 Å². The molecule has 0 saturated heterocycles. The molecular formula is C26H22F4N4O2. The van der Waals surface area contributed by atoms with Gasteiger partial charge in [-0.3, -0.25) is 9.59 Å². The van der Waals surface area contributed by atoms with Gasteiger partial charge in [0.2, 0.25) is 5.91 Å². The number of carbonyl (C=O) groups excluding carboxylic acids is 1. The van der Waals surface area contributed by atoms with Crippen LogP contribution < -0.4 is 10.9 Å². The van der Waals surface area contributed by atoms with E-state index in [0.717, 1.165) is 25.0 Å². The molecule has 1 saturated carbocycles. The Balaban J connectivity index is 1.75. The van der Waals surface area contributed by atoms with E-state index in [1.165, 1.54) is 6.20 Å². The van der Waals surface area contributed by atoms with Gasteiger partial charge in [-0.25, -0.2) is 14.4 Å².